The highest BCUT2D eigenvalue weighted by molar-refractivity contribution is 5.99. The number of rotatable bonds is 6. The smallest absolute Gasteiger partial charge is 0.286 e. The molecule has 0 aliphatic rings. The van der Waals surface area contributed by atoms with Crippen LogP contribution in [-0.4, -0.2) is 42.8 Å². The number of methoxy groups -OCH3 is 2. The van der Waals surface area contributed by atoms with Crippen molar-refractivity contribution in [3.63, 3.8) is 0 Å². The van der Waals surface area contributed by atoms with Crippen LogP contribution < -0.4 is 14.8 Å². The summed E-state index contributed by atoms with van der Waals surface area (Å²) in [6, 6.07) is 1.84. The van der Waals surface area contributed by atoms with Crippen molar-refractivity contribution in [1.29, 1.82) is 0 Å². The van der Waals surface area contributed by atoms with Crippen LogP contribution in [0, 0.1) is 10.1 Å². The summed E-state index contributed by atoms with van der Waals surface area (Å²) in [6.07, 6.45) is 0. The van der Waals surface area contributed by atoms with E-state index in [1.165, 1.54) is 20.3 Å². The molecule has 1 rings (SSSR count). The molecule has 0 spiro atoms. The predicted molar refractivity (Wildman–Crippen MR) is 70.2 cm³/mol. The van der Waals surface area contributed by atoms with Crippen molar-refractivity contribution in [2.45, 2.75) is 13.0 Å². The molecule has 2 N–H and O–H groups in total. The third-order valence-corrected chi connectivity index (χ3v) is 2.59. The number of ether oxygens (including phenoxy) is 2. The molecule has 0 fully saturated rings. The number of aliphatic hydroxyl groups excluding tert-OH is 1. The number of nitrogens with one attached hydrogen (secondary N) is 1. The lowest BCUT2D eigenvalue weighted by Crippen LogP contribution is -2.35. The topological polar surface area (TPSA) is 111 Å². The number of aliphatic hydroxyl groups is 1. The van der Waals surface area contributed by atoms with Crippen molar-refractivity contribution in [2.24, 2.45) is 0 Å². The SMILES string of the molecule is COc1cc(C(=O)N[C@H](C)CO)c([N+](=O)[O-])cc1OC. The first-order valence-electron chi connectivity index (χ1n) is 5.76. The highest BCUT2D eigenvalue weighted by Gasteiger charge is 2.25. The Kier molecular flexibility index (Phi) is 5.27. The molecule has 0 saturated heterocycles. The summed E-state index contributed by atoms with van der Waals surface area (Å²) in [7, 11) is 2.71. The minimum atomic E-state index is -0.680. The predicted octanol–water partition coefficient (Wildman–Crippen LogP) is 0.723. The second kappa shape index (κ2) is 6.71. The van der Waals surface area contributed by atoms with Gasteiger partial charge in [0.15, 0.2) is 11.5 Å². The third-order valence-electron chi connectivity index (χ3n) is 2.59. The monoisotopic (exact) mass is 284 g/mol. The Bertz CT molecular complexity index is 517. The van der Waals surface area contributed by atoms with Crippen molar-refractivity contribution < 1.29 is 24.3 Å². The molecule has 0 aromatic heterocycles. The van der Waals surface area contributed by atoms with E-state index in [4.69, 9.17) is 14.6 Å². The molecule has 110 valence electrons. The van der Waals surface area contributed by atoms with E-state index >= 15 is 0 Å². The first-order chi connectivity index (χ1) is 9.44. The standard InChI is InChI=1S/C12H16N2O6/c1-7(6-15)13-12(16)8-4-10(19-2)11(20-3)5-9(8)14(17)18/h4-5,7,15H,6H2,1-3H3,(H,13,16)/t7-/m1/s1. The molecule has 0 unspecified atom stereocenters. The van der Waals surface area contributed by atoms with Crippen molar-refractivity contribution in [2.75, 3.05) is 20.8 Å². The van der Waals surface area contributed by atoms with E-state index in [1.807, 2.05) is 0 Å². The van der Waals surface area contributed by atoms with Crippen molar-refractivity contribution in [3.05, 3.63) is 27.8 Å². The number of carbonyl (C=O) groups excluding carboxylic acids is 1. The van der Waals surface area contributed by atoms with Crippen molar-refractivity contribution in [3.8, 4) is 11.5 Å². The largest absolute Gasteiger partial charge is 0.493 e. The Morgan fingerprint density at radius 1 is 1.40 bits per heavy atom. The van der Waals surface area contributed by atoms with E-state index in [0.717, 1.165) is 6.07 Å². The van der Waals surface area contributed by atoms with Crippen LogP contribution in [0.1, 0.15) is 17.3 Å². The molecular weight excluding hydrogens is 268 g/mol. The maximum absolute atomic E-state index is 12.0. The molecule has 1 aromatic rings. The molecule has 0 saturated carbocycles. The van der Waals surface area contributed by atoms with Gasteiger partial charge in [0.05, 0.1) is 31.8 Å². The zero-order chi connectivity index (χ0) is 15.3. The molecule has 0 aliphatic heterocycles. The van der Waals surface area contributed by atoms with Gasteiger partial charge >= 0.3 is 0 Å². The van der Waals surface area contributed by atoms with Crippen molar-refractivity contribution >= 4 is 11.6 Å². The number of nitro groups is 1. The molecule has 0 radical (unpaired) electrons. The fourth-order valence-corrected chi connectivity index (χ4v) is 1.55. The van der Waals surface area contributed by atoms with Crippen LogP contribution in [0.5, 0.6) is 11.5 Å². The van der Waals surface area contributed by atoms with Gasteiger partial charge in [0, 0.05) is 12.1 Å². The van der Waals surface area contributed by atoms with Crippen LogP contribution in [-0.2, 0) is 0 Å². The molecule has 0 bridgehead atoms. The summed E-state index contributed by atoms with van der Waals surface area (Å²) < 4.78 is 9.98. The summed E-state index contributed by atoms with van der Waals surface area (Å²) in [6.45, 7) is 1.30. The van der Waals surface area contributed by atoms with Crippen LogP contribution in [0.4, 0.5) is 5.69 Å². The molecule has 1 atom stereocenters. The Labute approximate surface area is 115 Å². The Balaban J connectivity index is 3.28. The van der Waals surface area contributed by atoms with Gasteiger partial charge in [0.2, 0.25) is 0 Å². The average Bonchev–Trinajstić information content (AvgIpc) is 2.45. The number of nitrogens with zero attached hydrogens (tertiary/aromatic N) is 1. The van der Waals surface area contributed by atoms with Gasteiger partial charge in [0.1, 0.15) is 5.56 Å². The van der Waals surface area contributed by atoms with Crippen LogP contribution in [0.2, 0.25) is 0 Å². The van der Waals surface area contributed by atoms with E-state index < -0.39 is 22.6 Å². The van der Waals surface area contributed by atoms with Crippen LogP contribution in [0.25, 0.3) is 0 Å². The maximum atomic E-state index is 12.0. The molecule has 20 heavy (non-hydrogen) atoms. The maximum Gasteiger partial charge on any atom is 0.286 e. The van der Waals surface area contributed by atoms with E-state index in [9.17, 15) is 14.9 Å². The van der Waals surface area contributed by atoms with Crippen LogP contribution in [0.15, 0.2) is 12.1 Å². The van der Waals surface area contributed by atoms with Crippen LogP contribution in [0.3, 0.4) is 0 Å². The average molecular weight is 284 g/mol. The lowest BCUT2D eigenvalue weighted by Gasteiger charge is -2.13. The fourth-order valence-electron chi connectivity index (χ4n) is 1.55. The second-order valence-electron chi connectivity index (χ2n) is 4.04. The first-order valence-corrected chi connectivity index (χ1v) is 5.76. The van der Waals surface area contributed by atoms with Crippen LogP contribution >= 0.6 is 0 Å². The van der Waals surface area contributed by atoms with Gasteiger partial charge in [-0.3, -0.25) is 14.9 Å². The second-order valence-corrected chi connectivity index (χ2v) is 4.04. The lowest BCUT2D eigenvalue weighted by atomic mass is 10.1. The Morgan fingerprint density at radius 3 is 2.40 bits per heavy atom. The zero-order valence-corrected chi connectivity index (χ0v) is 11.4. The highest BCUT2D eigenvalue weighted by Crippen LogP contribution is 2.34. The van der Waals surface area contributed by atoms with Crippen molar-refractivity contribution in [1.82, 2.24) is 5.32 Å². The minimum absolute atomic E-state index is 0.158. The van der Waals surface area contributed by atoms with Gasteiger partial charge in [-0.15, -0.1) is 0 Å². The first kappa shape index (κ1) is 15.7. The van der Waals surface area contributed by atoms with E-state index in [1.54, 1.807) is 6.92 Å². The summed E-state index contributed by atoms with van der Waals surface area (Å²) >= 11 is 0. The quantitative estimate of drug-likeness (QED) is 0.588. The van der Waals surface area contributed by atoms with Gasteiger partial charge in [-0.2, -0.15) is 0 Å². The van der Waals surface area contributed by atoms with Gasteiger partial charge in [-0.1, -0.05) is 0 Å². The molecule has 0 heterocycles. The number of hydrogen-bond donors (Lipinski definition) is 2. The van der Waals surface area contributed by atoms with Gasteiger partial charge in [-0.25, -0.2) is 0 Å². The molecule has 0 aliphatic carbocycles. The Morgan fingerprint density at radius 2 is 1.95 bits per heavy atom. The van der Waals surface area contributed by atoms with E-state index in [0.29, 0.717) is 0 Å². The molecule has 1 aromatic carbocycles. The summed E-state index contributed by atoms with van der Waals surface area (Å²) in [4.78, 5) is 22.3. The number of nitro benzene ring substituents is 1. The summed E-state index contributed by atoms with van der Waals surface area (Å²) in [5.41, 5.74) is -0.557. The number of carbonyl (C=O) groups is 1. The molecular formula is C12H16N2O6. The number of hydrogen-bond acceptors (Lipinski definition) is 6. The minimum Gasteiger partial charge on any atom is -0.493 e. The normalized spacial score (nSPS) is 11.6. The van der Waals surface area contributed by atoms with Gasteiger partial charge < -0.3 is 19.9 Å². The summed E-state index contributed by atoms with van der Waals surface area (Å²) in [5.74, 6) is -0.301. The number of amides is 1. The highest BCUT2D eigenvalue weighted by atomic mass is 16.6. The molecule has 8 heteroatoms. The van der Waals surface area contributed by atoms with E-state index in [2.05, 4.69) is 5.32 Å². The fraction of sp³-hybridized carbons (Fsp3) is 0.417. The molecule has 8 nitrogen and oxygen atoms in total. The lowest BCUT2D eigenvalue weighted by molar-refractivity contribution is -0.385. The van der Waals surface area contributed by atoms with Gasteiger partial charge in [-0.05, 0) is 6.92 Å². The van der Waals surface area contributed by atoms with E-state index in [-0.39, 0.29) is 23.7 Å². The zero-order valence-electron chi connectivity index (χ0n) is 11.4. The van der Waals surface area contributed by atoms with Gasteiger partial charge in [0.25, 0.3) is 11.6 Å². The third kappa shape index (κ3) is 3.35. The Hall–Kier alpha value is -2.35. The molecule has 1 amide bonds. The summed E-state index contributed by atoms with van der Waals surface area (Å²) in [5, 5.41) is 22.4. The number of benzene rings is 1.